The molecule has 0 radical (unpaired) electrons. The van der Waals surface area contributed by atoms with Gasteiger partial charge in [0.15, 0.2) is 11.5 Å². The van der Waals surface area contributed by atoms with E-state index in [0.29, 0.717) is 35.6 Å². The molecule has 3 heterocycles. The molecule has 2 aliphatic rings. The number of halogens is 3. The van der Waals surface area contributed by atoms with Gasteiger partial charge in [0.2, 0.25) is 0 Å². The van der Waals surface area contributed by atoms with E-state index in [2.05, 4.69) is 4.98 Å². The summed E-state index contributed by atoms with van der Waals surface area (Å²) in [6.07, 6.45) is 0.755. The second-order valence-electron chi connectivity index (χ2n) is 11.3. The van der Waals surface area contributed by atoms with Crippen LogP contribution in [-0.4, -0.2) is 35.3 Å². The molecular weight excluding hydrogens is 599 g/mol. The van der Waals surface area contributed by atoms with Crippen LogP contribution < -0.4 is 9.47 Å². The van der Waals surface area contributed by atoms with Crippen LogP contribution in [0.15, 0.2) is 66.7 Å². The summed E-state index contributed by atoms with van der Waals surface area (Å²) in [5.74, 6) is -3.34. The summed E-state index contributed by atoms with van der Waals surface area (Å²) >= 11 is 0. The zero-order valence-corrected chi connectivity index (χ0v) is 24.8. The van der Waals surface area contributed by atoms with Crippen molar-refractivity contribution in [1.82, 2.24) is 9.55 Å². The maximum absolute atomic E-state index is 15.9. The Hall–Kier alpha value is -5.34. The Kier molecular flexibility index (Phi) is 7.17. The number of aromatic nitrogens is 2. The number of hydrogen-bond donors (Lipinski definition) is 0. The monoisotopic (exact) mass is 625 g/mol. The first kappa shape index (κ1) is 29.4. The predicted molar refractivity (Wildman–Crippen MR) is 160 cm³/mol. The zero-order chi connectivity index (χ0) is 32.2. The molecular formula is C35H26F3N3O5. The molecule has 0 bridgehead atoms. The lowest BCUT2D eigenvalue weighted by Gasteiger charge is -2.27. The lowest BCUT2D eigenvalue weighted by Crippen LogP contribution is -2.32. The molecule has 2 aliphatic heterocycles. The number of ether oxygens (including phenoxy) is 4. The smallest absolute Gasteiger partial charge is 0.337 e. The number of carbonyl (C=O) groups is 1. The second-order valence-corrected chi connectivity index (χ2v) is 11.3. The van der Waals surface area contributed by atoms with Crippen molar-refractivity contribution in [2.75, 3.05) is 13.7 Å². The summed E-state index contributed by atoms with van der Waals surface area (Å²) in [5.41, 5.74) is 2.02. The Labute approximate surface area is 261 Å². The molecule has 1 fully saturated rings. The number of methoxy groups -OCH3 is 1. The SMILES string of the molecule is COC(=O)c1ccc2nc(Cc3cc(F)c(-c4cccc5c4OC(C)(c4ccc(C#N)cc4F)O5)cc3F)n(C[C@@H]3CCO3)c2c1. The van der Waals surface area contributed by atoms with Crippen LogP contribution in [0.2, 0.25) is 0 Å². The molecule has 4 aromatic carbocycles. The molecule has 0 spiro atoms. The Morgan fingerprint density at radius 3 is 2.59 bits per heavy atom. The molecule has 0 saturated carbocycles. The quantitative estimate of drug-likeness (QED) is 0.184. The average molecular weight is 626 g/mol. The summed E-state index contributed by atoms with van der Waals surface area (Å²) in [6, 6.07) is 17.8. The highest BCUT2D eigenvalue weighted by atomic mass is 19.1. The number of para-hydroxylation sites is 1. The molecule has 46 heavy (non-hydrogen) atoms. The Morgan fingerprint density at radius 1 is 1.04 bits per heavy atom. The van der Waals surface area contributed by atoms with Crippen LogP contribution in [0.4, 0.5) is 13.2 Å². The van der Waals surface area contributed by atoms with Gasteiger partial charge in [-0.2, -0.15) is 5.26 Å². The van der Waals surface area contributed by atoms with E-state index in [-0.39, 0.29) is 51.8 Å². The minimum atomic E-state index is -1.61. The van der Waals surface area contributed by atoms with Crippen LogP contribution in [0.25, 0.3) is 22.2 Å². The highest BCUT2D eigenvalue weighted by Gasteiger charge is 2.42. The normalized spacial score (nSPS) is 18.3. The van der Waals surface area contributed by atoms with Crippen LogP contribution in [0, 0.1) is 28.8 Å². The Balaban J connectivity index is 1.23. The average Bonchev–Trinajstić information content (AvgIpc) is 3.56. The van der Waals surface area contributed by atoms with E-state index in [1.54, 1.807) is 36.4 Å². The molecule has 0 N–H and O–H groups in total. The Bertz CT molecular complexity index is 2080. The minimum absolute atomic E-state index is 0.0272. The molecule has 11 heteroatoms. The van der Waals surface area contributed by atoms with Crippen LogP contribution in [0.3, 0.4) is 0 Å². The van der Waals surface area contributed by atoms with Crippen molar-refractivity contribution in [3.8, 4) is 28.7 Å². The predicted octanol–water partition coefficient (Wildman–Crippen LogP) is 6.80. The van der Waals surface area contributed by atoms with Gasteiger partial charge in [0.05, 0.1) is 53.6 Å². The van der Waals surface area contributed by atoms with E-state index in [9.17, 15) is 9.18 Å². The van der Waals surface area contributed by atoms with E-state index in [4.69, 9.17) is 24.2 Å². The summed E-state index contributed by atoms with van der Waals surface area (Å²) in [7, 11) is 1.30. The number of esters is 1. The van der Waals surface area contributed by atoms with Gasteiger partial charge in [-0.05, 0) is 66.6 Å². The fourth-order valence-corrected chi connectivity index (χ4v) is 5.89. The highest BCUT2D eigenvalue weighted by molar-refractivity contribution is 5.93. The number of nitriles is 1. The van der Waals surface area contributed by atoms with Crippen LogP contribution in [-0.2, 0) is 28.2 Å². The van der Waals surface area contributed by atoms with E-state index >= 15 is 8.78 Å². The van der Waals surface area contributed by atoms with Gasteiger partial charge < -0.3 is 23.5 Å². The van der Waals surface area contributed by atoms with Crippen molar-refractivity contribution in [2.45, 2.75) is 38.2 Å². The first-order chi connectivity index (χ1) is 22.2. The lowest BCUT2D eigenvalue weighted by molar-refractivity contribution is -0.0705. The van der Waals surface area contributed by atoms with Gasteiger partial charge >= 0.3 is 5.97 Å². The van der Waals surface area contributed by atoms with Crippen molar-refractivity contribution >= 4 is 17.0 Å². The molecule has 232 valence electrons. The number of imidazole rings is 1. The van der Waals surface area contributed by atoms with Crippen LogP contribution >= 0.6 is 0 Å². The fraction of sp³-hybridized carbons (Fsp3) is 0.229. The number of benzene rings is 4. The van der Waals surface area contributed by atoms with Crippen molar-refractivity contribution < 1.29 is 36.9 Å². The zero-order valence-electron chi connectivity index (χ0n) is 24.8. The molecule has 2 atom stereocenters. The second kappa shape index (κ2) is 11.2. The van der Waals surface area contributed by atoms with E-state index in [0.717, 1.165) is 24.6 Å². The first-order valence-corrected chi connectivity index (χ1v) is 14.6. The van der Waals surface area contributed by atoms with Crippen LogP contribution in [0.1, 0.15) is 46.2 Å². The standard InChI is InChI=1S/C35H26F3N3O5/c1-35(25-8-6-19(17-39)12-28(25)38)45-31-5-3-4-23(33(31)46-35)24-16-26(36)21(13-27(24)37)15-32-40-29-9-7-20(34(42)43-2)14-30(29)41(32)18-22-10-11-44-22/h3-9,12-14,16,22H,10-11,15,18H2,1-2H3/t22-,35?/m0/s1. The third kappa shape index (κ3) is 5.01. The third-order valence-corrected chi connectivity index (χ3v) is 8.37. The molecule has 1 saturated heterocycles. The maximum atomic E-state index is 15.9. The molecule has 1 aromatic heterocycles. The number of fused-ring (bicyclic) bond motifs is 2. The van der Waals surface area contributed by atoms with Gasteiger partial charge in [-0.3, -0.25) is 0 Å². The maximum Gasteiger partial charge on any atom is 0.337 e. The van der Waals surface area contributed by atoms with Crippen molar-refractivity contribution in [3.05, 3.63) is 112 Å². The van der Waals surface area contributed by atoms with Crippen LogP contribution in [0.5, 0.6) is 11.5 Å². The summed E-state index contributed by atoms with van der Waals surface area (Å²) < 4.78 is 71.0. The topological polar surface area (TPSA) is 95.6 Å². The first-order valence-electron chi connectivity index (χ1n) is 14.6. The molecule has 8 nitrogen and oxygen atoms in total. The molecule has 1 unspecified atom stereocenters. The third-order valence-electron chi connectivity index (χ3n) is 8.37. The minimum Gasteiger partial charge on any atom is -0.465 e. The molecule has 5 aromatic rings. The number of nitrogens with zero attached hydrogens (tertiary/aromatic N) is 3. The Morgan fingerprint density at radius 2 is 1.87 bits per heavy atom. The van der Waals surface area contributed by atoms with Crippen molar-refractivity contribution in [2.24, 2.45) is 0 Å². The van der Waals surface area contributed by atoms with Crippen molar-refractivity contribution in [1.29, 1.82) is 5.26 Å². The van der Waals surface area contributed by atoms with E-state index in [1.807, 2.05) is 10.6 Å². The summed E-state index contributed by atoms with van der Waals surface area (Å²) in [4.78, 5) is 16.9. The van der Waals surface area contributed by atoms with E-state index in [1.165, 1.54) is 26.2 Å². The van der Waals surface area contributed by atoms with Gasteiger partial charge in [0, 0.05) is 31.1 Å². The fourth-order valence-electron chi connectivity index (χ4n) is 5.89. The summed E-state index contributed by atoms with van der Waals surface area (Å²) in [6.45, 7) is 2.59. The largest absolute Gasteiger partial charge is 0.465 e. The summed E-state index contributed by atoms with van der Waals surface area (Å²) in [5, 5.41) is 9.10. The van der Waals surface area contributed by atoms with Crippen molar-refractivity contribution in [3.63, 3.8) is 0 Å². The van der Waals surface area contributed by atoms with Gasteiger partial charge in [-0.1, -0.05) is 12.1 Å². The van der Waals surface area contributed by atoms with Gasteiger partial charge in [0.1, 0.15) is 23.3 Å². The number of carbonyl (C=O) groups excluding carboxylic acids is 1. The van der Waals surface area contributed by atoms with Gasteiger partial charge in [-0.15, -0.1) is 0 Å². The molecule has 7 rings (SSSR count). The molecule has 0 aliphatic carbocycles. The van der Waals surface area contributed by atoms with Gasteiger partial charge in [0.25, 0.3) is 5.79 Å². The number of hydrogen-bond acceptors (Lipinski definition) is 7. The van der Waals surface area contributed by atoms with Gasteiger partial charge in [-0.25, -0.2) is 22.9 Å². The highest BCUT2D eigenvalue weighted by Crippen LogP contribution is 2.50. The lowest BCUT2D eigenvalue weighted by atomic mass is 10.00. The number of rotatable bonds is 7. The van der Waals surface area contributed by atoms with E-state index < -0.39 is 29.2 Å². The molecule has 0 amide bonds.